The minimum absolute atomic E-state index is 0.468. The summed E-state index contributed by atoms with van der Waals surface area (Å²) in [6, 6.07) is 18.2. The van der Waals surface area contributed by atoms with E-state index in [0.29, 0.717) is 5.75 Å². The number of para-hydroxylation sites is 1. The van der Waals surface area contributed by atoms with Crippen LogP contribution < -0.4 is 21.6 Å². The first-order valence-corrected chi connectivity index (χ1v) is 5.98. The zero-order chi connectivity index (χ0) is 13.5. The zero-order valence-corrected chi connectivity index (χ0v) is 10.4. The molecule has 100 valence electrons. The van der Waals surface area contributed by atoms with E-state index in [0.717, 1.165) is 5.56 Å². The molecule has 0 saturated carbocycles. The molecule has 0 aliphatic rings. The number of hydrogen-bond acceptors (Lipinski definition) is 5. The Balaban J connectivity index is 1.92. The molecule has 5 nitrogen and oxygen atoms in total. The first-order valence-electron chi connectivity index (χ1n) is 5.98. The van der Waals surface area contributed by atoms with Crippen LogP contribution in [-0.4, -0.2) is 11.3 Å². The molecule has 0 bridgehead atoms. The van der Waals surface area contributed by atoms with E-state index in [2.05, 4.69) is 11.0 Å². The molecule has 0 saturated heterocycles. The Hall–Kier alpha value is -1.92. The highest BCUT2D eigenvalue weighted by atomic mass is 16.7. The van der Waals surface area contributed by atoms with Gasteiger partial charge in [0.25, 0.3) is 0 Å². The molecule has 2 rings (SSSR count). The molecule has 5 N–H and O–H groups in total. The molecule has 0 aliphatic heterocycles. The molecule has 19 heavy (non-hydrogen) atoms. The summed E-state index contributed by atoms with van der Waals surface area (Å²) in [6.45, 7) is 0. The van der Waals surface area contributed by atoms with Crippen molar-refractivity contribution in [2.45, 2.75) is 12.3 Å². The van der Waals surface area contributed by atoms with Crippen LogP contribution in [0.1, 0.15) is 11.6 Å². The normalized spacial score (nSPS) is 13.8. The SMILES string of the molecule is NC(O)C(NNOc1ccccc1)c1ccccc1. The van der Waals surface area contributed by atoms with Gasteiger partial charge in [-0.15, -0.1) is 0 Å². The lowest BCUT2D eigenvalue weighted by Crippen LogP contribution is -2.45. The van der Waals surface area contributed by atoms with Crippen molar-refractivity contribution < 1.29 is 9.94 Å². The van der Waals surface area contributed by atoms with Crippen LogP contribution in [0.5, 0.6) is 5.75 Å². The number of hydrazine groups is 1. The minimum Gasteiger partial charge on any atom is -0.394 e. The van der Waals surface area contributed by atoms with Crippen molar-refractivity contribution in [3.8, 4) is 5.75 Å². The summed E-state index contributed by atoms with van der Waals surface area (Å²) in [5, 5.41) is 9.58. The fourth-order valence-electron chi connectivity index (χ4n) is 1.67. The maximum Gasteiger partial charge on any atom is 0.149 e. The maximum absolute atomic E-state index is 9.58. The highest BCUT2D eigenvalue weighted by Gasteiger charge is 2.16. The Morgan fingerprint density at radius 1 is 0.947 bits per heavy atom. The van der Waals surface area contributed by atoms with Gasteiger partial charge in [0, 0.05) is 0 Å². The molecular weight excluding hydrogens is 242 g/mol. The summed E-state index contributed by atoms with van der Waals surface area (Å²) in [7, 11) is 0. The summed E-state index contributed by atoms with van der Waals surface area (Å²) in [4.78, 5) is 5.28. The quantitative estimate of drug-likeness (QED) is 0.461. The van der Waals surface area contributed by atoms with Crippen molar-refractivity contribution in [3.05, 3.63) is 66.2 Å². The van der Waals surface area contributed by atoms with E-state index in [1.54, 1.807) is 0 Å². The zero-order valence-electron chi connectivity index (χ0n) is 10.4. The number of nitrogens with one attached hydrogen (secondary N) is 2. The van der Waals surface area contributed by atoms with Gasteiger partial charge in [-0.05, 0) is 17.7 Å². The molecule has 2 aromatic rings. The molecule has 2 atom stereocenters. The third-order valence-corrected chi connectivity index (χ3v) is 2.63. The monoisotopic (exact) mass is 259 g/mol. The van der Waals surface area contributed by atoms with Crippen molar-refractivity contribution in [1.29, 1.82) is 0 Å². The van der Waals surface area contributed by atoms with Crippen molar-refractivity contribution in [2.24, 2.45) is 5.73 Å². The summed E-state index contributed by atoms with van der Waals surface area (Å²) >= 11 is 0. The summed E-state index contributed by atoms with van der Waals surface area (Å²) in [6.07, 6.45) is -1.05. The van der Waals surface area contributed by atoms with E-state index >= 15 is 0 Å². The summed E-state index contributed by atoms with van der Waals surface area (Å²) < 4.78 is 0. The van der Waals surface area contributed by atoms with E-state index in [9.17, 15) is 5.11 Å². The second-order valence-electron chi connectivity index (χ2n) is 4.04. The highest BCUT2D eigenvalue weighted by molar-refractivity contribution is 5.21. The number of aliphatic hydroxyl groups is 1. The minimum atomic E-state index is -1.05. The Bertz CT molecular complexity index is 477. The molecule has 0 amide bonds. The lowest BCUT2D eigenvalue weighted by molar-refractivity contribution is 0.0704. The van der Waals surface area contributed by atoms with Crippen molar-refractivity contribution in [3.63, 3.8) is 0 Å². The first kappa shape index (κ1) is 13.5. The third kappa shape index (κ3) is 4.04. The molecule has 5 heteroatoms. The van der Waals surface area contributed by atoms with Gasteiger partial charge >= 0.3 is 0 Å². The van der Waals surface area contributed by atoms with Gasteiger partial charge in [-0.3, -0.25) is 0 Å². The lowest BCUT2D eigenvalue weighted by atomic mass is 10.1. The van der Waals surface area contributed by atoms with Gasteiger partial charge in [-0.2, -0.15) is 0 Å². The molecular formula is C14H17N3O2. The standard InChI is InChI=1S/C14H17N3O2/c15-14(18)13(11-7-3-1-4-8-11)16-17-19-12-9-5-2-6-10-12/h1-10,13-14,16-18H,15H2. The van der Waals surface area contributed by atoms with E-state index in [1.807, 2.05) is 60.7 Å². The molecule has 2 aromatic carbocycles. The molecule has 0 fully saturated rings. The van der Waals surface area contributed by atoms with E-state index < -0.39 is 12.3 Å². The molecule has 0 aromatic heterocycles. The van der Waals surface area contributed by atoms with Gasteiger partial charge in [0.05, 0.1) is 6.04 Å². The van der Waals surface area contributed by atoms with E-state index in [4.69, 9.17) is 10.6 Å². The molecule has 2 unspecified atom stereocenters. The lowest BCUT2D eigenvalue weighted by Gasteiger charge is -2.21. The number of rotatable bonds is 6. The average Bonchev–Trinajstić information content (AvgIpc) is 2.45. The van der Waals surface area contributed by atoms with E-state index in [-0.39, 0.29) is 0 Å². The second-order valence-corrected chi connectivity index (χ2v) is 4.04. The van der Waals surface area contributed by atoms with Crippen LogP contribution in [0, 0.1) is 0 Å². The Morgan fingerprint density at radius 2 is 1.53 bits per heavy atom. The number of benzene rings is 2. The molecule has 0 radical (unpaired) electrons. The predicted molar refractivity (Wildman–Crippen MR) is 72.7 cm³/mol. The van der Waals surface area contributed by atoms with Crippen molar-refractivity contribution >= 4 is 0 Å². The van der Waals surface area contributed by atoms with Crippen molar-refractivity contribution in [1.82, 2.24) is 11.0 Å². The van der Waals surface area contributed by atoms with E-state index in [1.165, 1.54) is 0 Å². The molecule has 0 aliphatic carbocycles. The number of nitrogens with two attached hydrogens (primary N) is 1. The second kappa shape index (κ2) is 6.86. The number of hydrogen-bond donors (Lipinski definition) is 4. The molecule has 0 spiro atoms. The van der Waals surface area contributed by atoms with Gasteiger partial charge in [0.2, 0.25) is 0 Å². The third-order valence-electron chi connectivity index (χ3n) is 2.63. The Labute approximate surface area is 111 Å². The fraction of sp³-hybridized carbons (Fsp3) is 0.143. The van der Waals surface area contributed by atoms with Crippen LogP contribution >= 0.6 is 0 Å². The average molecular weight is 259 g/mol. The number of aliphatic hydroxyl groups excluding tert-OH is 1. The largest absolute Gasteiger partial charge is 0.394 e. The maximum atomic E-state index is 9.58. The van der Waals surface area contributed by atoms with Crippen LogP contribution in [0.25, 0.3) is 0 Å². The fourth-order valence-corrected chi connectivity index (χ4v) is 1.67. The van der Waals surface area contributed by atoms with Crippen LogP contribution in [0.3, 0.4) is 0 Å². The van der Waals surface area contributed by atoms with Gasteiger partial charge in [-0.1, -0.05) is 54.1 Å². The first-order chi connectivity index (χ1) is 9.27. The van der Waals surface area contributed by atoms with Gasteiger partial charge < -0.3 is 15.7 Å². The molecule has 0 heterocycles. The predicted octanol–water partition coefficient (Wildman–Crippen LogP) is 1.09. The van der Waals surface area contributed by atoms with Gasteiger partial charge in [0.1, 0.15) is 12.0 Å². The highest BCUT2D eigenvalue weighted by Crippen LogP contribution is 2.13. The topological polar surface area (TPSA) is 79.5 Å². The van der Waals surface area contributed by atoms with Crippen LogP contribution in [0.15, 0.2) is 60.7 Å². The van der Waals surface area contributed by atoms with Gasteiger partial charge in [-0.25, -0.2) is 5.43 Å². The van der Waals surface area contributed by atoms with Crippen LogP contribution in [0.2, 0.25) is 0 Å². The Kier molecular flexibility index (Phi) is 4.88. The van der Waals surface area contributed by atoms with Crippen LogP contribution in [0.4, 0.5) is 0 Å². The summed E-state index contributed by atoms with van der Waals surface area (Å²) in [5.74, 6) is 0.660. The van der Waals surface area contributed by atoms with Gasteiger partial charge in [0.15, 0.2) is 0 Å². The van der Waals surface area contributed by atoms with Crippen LogP contribution in [-0.2, 0) is 0 Å². The summed E-state index contributed by atoms with van der Waals surface area (Å²) in [5.41, 5.74) is 11.8. The smallest absolute Gasteiger partial charge is 0.149 e. The Morgan fingerprint density at radius 3 is 2.11 bits per heavy atom. The van der Waals surface area contributed by atoms with Crippen molar-refractivity contribution in [2.75, 3.05) is 0 Å².